The molecule has 3 rings (SSSR count). The van der Waals surface area contributed by atoms with Gasteiger partial charge < -0.3 is 20.0 Å². The summed E-state index contributed by atoms with van der Waals surface area (Å²) in [4.78, 5) is 51.5. The third-order valence-corrected chi connectivity index (χ3v) is 5.83. The normalized spacial score (nSPS) is 15.2. The second-order valence-electron chi connectivity index (χ2n) is 8.52. The second-order valence-corrected chi connectivity index (χ2v) is 8.52. The molecule has 2 aromatic rings. The molecule has 1 fully saturated rings. The number of amides is 2. The Morgan fingerprint density at radius 2 is 0.850 bits per heavy atom. The van der Waals surface area contributed by atoms with Crippen LogP contribution >= 0.6 is 0 Å². The molecule has 0 aliphatic carbocycles. The van der Waals surface area contributed by atoms with Gasteiger partial charge in [0.15, 0.2) is 0 Å². The molecular formula is C26H20F6N2O6. The van der Waals surface area contributed by atoms with Gasteiger partial charge in [-0.2, -0.15) is 26.3 Å². The summed E-state index contributed by atoms with van der Waals surface area (Å²) < 4.78 is 76.0. The number of nitrogens with zero attached hydrogens (tertiary/aromatic N) is 2. The Labute approximate surface area is 222 Å². The first kappa shape index (κ1) is 29.9. The summed E-state index contributed by atoms with van der Waals surface area (Å²) in [5.41, 5.74) is -2.20. The van der Waals surface area contributed by atoms with E-state index in [1.165, 1.54) is 0 Å². The van der Waals surface area contributed by atoms with Gasteiger partial charge in [-0.15, -0.1) is 0 Å². The van der Waals surface area contributed by atoms with Crippen LogP contribution in [0.1, 0.15) is 22.3 Å². The first-order valence-corrected chi connectivity index (χ1v) is 11.4. The highest BCUT2D eigenvalue weighted by Gasteiger charge is 2.32. The number of carbonyl (C=O) groups excluding carboxylic acids is 4. The van der Waals surface area contributed by atoms with E-state index in [0.29, 0.717) is 36.4 Å². The summed E-state index contributed by atoms with van der Waals surface area (Å²) in [6, 6.07) is 6.50. The number of ketones is 2. The molecule has 212 valence electrons. The van der Waals surface area contributed by atoms with Crippen molar-refractivity contribution in [1.29, 1.82) is 0 Å². The van der Waals surface area contributed by atoms with Gasteiger partial charge in [-0.3, -0.25) is 19.2 Å². The van der Waals surface area contributed by atoms with Crippen LogP contribution in [-0.4, -0.2) is 69.6 Å². The molecule has 0 spiro atoms. The van der Waals surface area contributed by atoms with E-state index in [0.717, 1.165) is 34.1 Å². The number of rotatable bonds is 6. The van der Waals surface area contributed by atoms with Crippen molar-refractivity contribution < 1.29 is 55.7 Å². The molecule has 14 heteroatoms. The molecule has 0 saturated carbocycles. The van der Waals surface area contributed by atoms with Crippen LogP contribution in [0.3, 0.4) is 0 Å². The van der Waals surface area contributed by atoms with Crippen molar-refractivity contribution in [3.63, 3.8) is 0 Å². The van der Waals surface area contributed by atoms with E-state index in [2.05, 4.69) is 0 Å². The molecule has 0 atom stereocenters. The maximum Gasteiger partial charge on any atom is 0.416 e. The molecule has 0 bridgehead atoms. The molecule has 0 aromatic heterocycles. The van der Waals surface area contributed by atoms with E-state index in [4.69, 9.17) is 0 Å². The smallest absolute Gasteiger partial charge is 0.416 e. The Kier molecular flexibility index (Phi) is 8.71. The maximum absolute atomic E-state index is 12.7. The van der Waals surface area contributed by atoms with Gasteiger partial charge in [-0.05, 0) is 24.3 Å². The molecule has 1 heterocycles. The van der Waals surface area contributed by atoms with Crippen LogP contribution in [-0.2, 0) is 31.5 Å². The topological polar surface area (TPSA) is 115 Å². The molecule has 0 unspecified atom stereocenters. The van der Waals surface area contributed by atoms with E-state index in [-0.39, 0.29) is 37.3 Å². The maximum atomic E-state index is 12.7. The van der Waals surface area contributed by atoms with Crippen LogP contribution in [0.25, 0.3) is 11.5 Å². The number of aliphatic hydroxyl groups is 2. The molecule has 40 heavy (non-hydrogen) atoms. The van der Waals surface area contributed by atoms with Gasteiger partial charge >= 0.3 is 12.4 Å². The van der Waals surface area contributed by atoms with Gasteiger partial charge in [0.25, 0.3) is 11.8 Å². The summed E-state index contributed by atoms with van der Waals surface area (Å²) in [5, 5.41) is 20.1. The van der Waals surface area contributed by atoms with Crippen LogP contribution in [0.15, 0.2) is 60.7 Å². The Morgan fingerprint density at radius 3 is 1.10 bits per heavy atom. The van der Waals surface area contributed by atoms with Crippen LogP contribution in [0.4, 0.5) is 26.3 Å². The molecule has 0 radical (unpaired) electrons. The van der Waals surface area contributed by atoms with Gasteiger partial charge in [0.1, 0.15) is 11.5 Å². The van der Waals surface area contributed by atoms with Crippen molar-refractivity contribution in [3.05, 3.63) is 82.9 Å². The summed E-state index contributed by atoms with van der Waals surface area (Å²) in [7, 11) is 0. The van der Waals surface area contributed by atoms with Crippen molar-refractivity contribution >= 4 is 34.9 Å². The van der Waals surface area contributed by atoms with Gasteiger partial charge in [-0.1, -0.05) is 24.3 Å². The standard InChI is InChI=1S/C26H20F6N2O6/c27-25(28,29)17-5-1-15(2-6-17)19(35)13-21(37)23(39)33-9-11-34(12-10-33)24(40)22(38)14-20(36)16-3-7-18(8-4-16)26(30,31)32/h1-8,13-14,35-36H,9-12H2/b19-13-,20-14-. The van der Waals surface area contributed by atoms with Gasteiger partial charge in [0, 0.05) is 49.5 Å². The Hall–Kier alpha value is -4.62. The van der Waals surface area contributed by atoms with E-state index in [1.807, 2.05) is 0 Å². The molecule has 1 aliphatic heterocycles. The number of hydrogen-bond acceptors (Lipinski definition) is 6. The summed E-state index contributed by atoms with van der Waals surface area (Å²) in [6.45, 7) is -0.694. The highest BCUT2D eigenvalue weighted by atomic mass is 19.4. The van der Waals surface area contributed by atoms with Crippen LogP contribution < -0.4 is 0 Å². The number of benzene rings is 2. The Morgan fingerprint density at radius 1 is 0.575 bits per heavy atom. The second kappa shape index (κ2) is 11.6. The lowest BCUT2D eigenvalue weighted by Crippen LogP contribution is -2.53. The molecule has 1 saturated heterocycles. The van der Waals surface area contributed by atoms with Gasteiger partial charge in [0.05, 0.1) is 11.1 Å². The Bertz CT molecular complexity index is 1250. The average molecular weight is 570 g/mol. The van der Waals surface area contributed by atoms with E-state index in [9.17, 15) is 55.7 Å². The van der Waals surface area contributed by atoms with Crippen molar-refractivity contribution in [2.45, 2.75) is 12.4 Å². The van der Waals surface area contributed by atoms with Crippen molar-refractivity contribution in [1.82, 2.24) is 9.80 Å². The molecule has 8 nitrogen and oxygen atoms in total. The van der Waals surface area contributed by atoms with E-state index in [1.54, 1.807) is 0 Å². The number of aliphatic hydroxyl groups excluding tert-OH is 2. The van der Waals surface area contributed by atoms with Gasteiger partial charge in [-0.25, -0.2) is 0 Å². The predicted molar refractivity (Wildman–Crippen MR) is 127 cm³/mol. The van der Waals surface area contributed by atoms with Crippen molar-refractivity contribution in [3.8, 4) is 0 Å². The third kappa shape index (κ3) is 7.27. The highest BCUT2D eigenvalue weighted by molar-refractivity contribution is 6.42. The number of alkyl halides is 6. The third-order valence-electron chi connectivity index (χ3n) is 5.83. The molecule has 1 aliphatic rings. The zero-order valence-corrected chi connectivity index (χ0v) is 20.3. The lowest BCUT2D eigenvalue weighted by atomic mass is 10.1. The molecular weight excluding hydrogens is 550 g/mol. The SMILES string of the molecule is O=C(/C=C(\O)c1ccc(C(F)(F)F)cc1)C(=O)N1CCN(C(=O)C(=O)/C=C(\O)c2ccc(C(F)(F)F)cc2)CC1. The first-order valence-electron chi connectivity index (χ1n) is 11.4. The fourth-order valence-electron chi connectivity index (χ4n) is 3.62. The largest absolute Gasteiger partial charge is 0.507 e. The number of carbonyl (C=O) groups is 4. The van der Waals surface area contributed by atoms with Crippen molar-refractivity contribution in [2.24, 2.45) is 0 Å². The van der Waals surface area contributed by atoms with E-state index < -0.39 is 58.4 Å². The van der Waals surface area contributed by atoms with Crippen LogP contribution in [0.5, 0.6) is 0 Å². The summed E-state index contributed by atoms with van der Waals surface area (Å²) in [5.74, 6) is -5.92. The molecule has 2 N–H and O–H groups in total. The molecule has 2 amide bonds. The quantitative estimate of drug-likeness (QED) is 0.235. The minimum atomic E-state index is -4.60. The zero-order valence-electron chi connectivity index (χ0n) is 20.3. The lowest BCUT2D eigenvalue weighted by molar-refractivity contribution is -0.147. The summed E-state index contributed by atoms with van der Waals surface area (Å²) in [6.07, 6.45) is -8.08. The minimum absolute atomic E-state index is 0.129. The van der Waals surface area contributed by atoms with E-state index >= 15 is 0 Å². The minimum Gasteiger partial charge on any atom is -0.507 e. The Balaban J connectivity index is 1.56. The summed E-state index contributed by atoms with van der Waals surface area (Å²) >= 11 is 0. The van der Waals surface area contributed by atoms with Crippen LogP contribution in [0, 0.1) is 0 Å². The fraction of sp³-hybridized carbons (Fsp3) is 0.231. The fourth-order valence-corrected chi connectivity index (χ4v) is 3.62. The first-order chi connectivity index (χ1) is 18.6. The lowest BCUT2D eigenvalue weighted by Gasteiger charge is -2.33. The number of piperazine rings is 1. The highest BCUT2D eigenvalue weighted by Crippen LogP contribution is 2.30. The monoisotopic (exact) mass is 570 g/mol. The van der Waals surface area contributed by atoms with Gasteiger partial charge in [0.2, 0.25) is 11.6 Å². The number of halogens is 6. The number of hydrogen-bond donors (Lipinski definition) is 2. The van der Waals surface area contributed by atoms with Crippen molar-refractivity contribution in [2.75, 3.05) is 26.2 Å². The molecule has 2 aromatic carbocycles. The average Bonchev–Trinajstić information content (AvgIpc) is 2.91. The predicted octanol–water partition coefficient (Wildman–Crippen LogP) is 4.03. The zero-order chi connectivity index (χ0) is 29.8. The van der Waals surface area contributed by atoms with Crippen LogP contribution in [0.2, 0.25) is 0 Å².